The van der Waals surface area contributed by atoms with Crippen LogP contribution in [-0.4, -0.2) is 12.6 Å². The van der Waals surface area contributed by atoms with E-state index < -0.39 is 0 Å². The number of esters is 1. The van der Waals surface area contributed by atoms with Crippen molar-refractivity contribution in [3.8, 4) is 0 Å². The van der Waals surface area contributed by atoms with Crippen molar-refractivity contribution in [2.45, 2.75) is 33.6 Å². The summed E-state index contributed by atoms with van der Waals surface area (Å²) in [5.74, 6) is 1.68. The smallest absolute Gasteiger partial charge is 0.338 e. The second-order valence-corrected chi connectivity index (χ2v) is 6.61. The van der Waals surface area contributed by atoms with Crippen LogP contribution in [0.2, 0.25) is 0 Å². The van der Waals surface area contributed by atoms with Gasteiger partial charge in [-0.05, 0) is 41.6 Å². The van der Waals surface area contributed by atoms with Crippen LogP contribution in [0, 0.1) is 23.2 Å². The van der Waals surface area contributed by atoms with E-state index in [1.54, 1.807) is 0 Å². The third-order valence-electron chi connectivity index (χ3n) is 4.57. The molecule has 17 heavy (non-hydrogen) atoms. The average Bonchev–Trinajstić information content (AvgIpc) is 2.68. The van der Waals surface area contributed by atoms with Crippen molar-refractivity contribution in [2.75, 3.05) is 6.61 Å². The maximum Gasteiger partial charge on any atom is 0.338 e. The summed E-state index contributed by atoms with van der Waals surface area (Å²) in [6.07, 6.45) is 6.97. The van der Waals surface area contributed by atoms with E-state index in [0.29, 0.717) is 29.8 Å². The van der Waals surface area contributed by atoms with Crippen LogP contribution in [0.25, 0.3) is 0 Å². The van der Waals surface area contributed by atoms with Crippen LogP contribution in [0.3, 0.4) is 0 Å². The van der Waals surface area contributed by atoms with E-state index in [1.165, 1.54) is 12.8 Å². The number of fused-ring (bicyclic) bond motifs is 2. The Bertz CT molecular complexity index is 428. The van der Waals surface area contributed by atoms with Crippen molar-refractivity contribution in [2.24, 2.45) is 23.2 Å². The third-order valence-corrected chi connectivity index (χ3v) is 4.57. The van der Waals surface area contributed by atoms with Gasteiger partial charge < -0.3 is 4.74 Å². The lowest BCUT2D eigenvalue weighted by Gasteiger charge is -2.20. The summed E-state index contributed by atoms with van der Waals surface area (Å²) in [6, 6.07) is 0. The van der Waals surface area contributed by atoms with Crippen molar-refractivity contribution < 1.29 is 9.53 Å². The van der Waals surface area contributed by atoms with Crippen LogP contribution in [0.15, 0.2) is 23.3 Å². The van der Waals surface area contributed by atoms with Crippen LogP contribution in [0.1, 0.15) is 33.6 Å². The minimum absolute atomic E-state index is 0.123. The summed E-state index contributed by atoms with van der Waals surface area (Å²) in [5.41, 5.74) is 2.41. The van der Waals surface area contributed by atoms with Crippen LogP contribution in [0.5, 0.6) is 0 Å². The first-order chi connectivity index (χ1) is 7.96. The van der Waals surface area contributed by atoms with Crippen molar-refractivity contribution >= 4 is 5.97 Å². The molecule has 2 nitrogen and oxygen atoms in total. The highest BCUT2D eigenvalue weighted by molar-refractivity contribution is 5.96. The molecular formula is C15H20O2. The van der Waals surface area contributed by atoms with Gasteiger partial charge in [0.2, 0.25) is 0 Å². The number of rotatable bonds is 0. The van der Waals surface area contributed by atoms with Crippen molar-refractivity contribution in [1.82, 2.24) is 0 Å². The highest BCUT2D eigenvalue weighted by atomic mass is 16.5. The molecule has 1 saturated heterocycles. The molecule has 1 heterocycles. The molecule has 1 aliphatic heterocycles. The average molecular weight is 232 g/mol. The molecule has 1 saturated carbocycles. The van der Waals surface area contributed by atoms with E-state index in [4.69, 9.17) is 4.74 Å². The Hall–Kier alpha value is -1.05. The maximum absolute atomic E-state index is 11.6. The van der Waals surface area contributed by atoms with Gasteiger partial charge in [-0.1, -0.05) is 32.9 Å². The van der Waals surface area contributed by atoms with Gasteiger partial charge in [0.05, 0.1) is 5.57 Å². The molecule has 0 N–H and O–H groups in total. The Labute approximate surface area is 103 Å². The molecule has 2 aliphatic carbocycles. The van der Waals surface area contributed by atoms with E-state index in [-0.39, 0.29) is 5.97 Å². The number of hydrogen-bond acceptors (Lipinski definition) is 2. The molecule has 92 valence electrons. The van der Waals surface area contributed by atoms with Gasteiger partial charge >= 0.3 is 5.97 Å². The zero-order valence-electron chi connectivity index (χ0n) is 10.8. The summed E-state index contributed by atoms with van der Waals surface area (Å²) in [4.78, 5) is 11.6. The number of carbonyl (C=O) groups excluding carboxylic acids is 1. The summed E-state index contributed by atoms with van der Waals surface area (Å²) in [6.45, 7) is 7.44. The largest absolute Gasteiger partial charge is 0.457 e. The van der Waals surface area contributed by atoms with Crippen LogP contribution < -0.4 is 0 Å². The molecule has 0 aromatic heterocycles. The fourth-order valence-electron chi connectivity index (χ4n) is 3.81. The molecule has 3 atom stereocenters. The van der Waals surface area contributed by atoms with E-state index >= 15 is 0 Å². The second kappa shape index (κ2) is 3.47. The van der Waals surface area contributed by atoms with E-state index in [2.05, 4.69) is 32.9 Å². The minimum atomic E-state index is -0.123. The highest BCUT2D eigenvalue weighted by Crippen LogP contribution is 2.51. The fraction of sp³-hybridized carbons (Fsp3) is 0.667. The molecule has 3 aliphatic rings. The lowest BCUT2D eigenvalue weighted by atomic mass is 9.84. The zero-order chi connectivity index (χ0) is 12.2. The lowest BCUT2D eigenvalue weighted by molar-refractivity contribution is -0.135. The number of cyclic esters (lactones) is 1. The molecule has 0 bridgehead atoms. The van der Waals surface area contributed by atoms with Gasteiger partial charge in [0.15, 0.2) is 0 Å². The fourth-order valence-corrected chi connectivity index (χ4v) is 3.81. The summed E-state index contributed by atoms with van der Waals surface area (Å²) >= 11 is 0. The predicted molar refractivity (Wildman–Crippen MR) is 66.3 cm³/mol. The first-order valence-electron chi connectivity index (χ1n) is 6.56. The first-order valence-corrected chi connectivity index (χ1v) is 6.56. The molecule has 0 amide bonds. The maximum atomic E-state index is 11.6. The van der Waals surface area contributed by atoms with Crippen LogP contribution in [-0.2, 0) is 9.53 Å². The quantitative estimate of drug-likeness (QED) is 0.600. The lowest BCUT2D eigenvalue weighted by Crippen LogP contribution is -2.13. The van der Waals surface area contributed by atoms with Crippen LogP contribution >= 0.6 is 0 Å². The van der Waals surface area contributed by atoms with Crippen molar-refractivity contribution in [1.29, 1.82) is 0 Å². The Morgan fingerprint density at radius 1 is 1.29 bits per heavy atom. The topological polar surface area (TPSA) is 26.3 Å². The normalized spacial score (nSPS) is 38.8. The van der Waals surface area contributed by atoms with Gasteiger partial charge in [0.25, 0.3) is 0 Å². The molecule has 2 heteroatoms. The molecule has 2 fully saturated rings. The van der Waals surface area contributed by atoms with Gasteiger partial charge in [-0.2, -0.15) is 0 Å². The Kier molecular flexibility index (Phi) is 2.26. The highest BCUT2D eigenvalue weighted by Gasteiger charge is 2.43. The summed E-state index contributed by atoms with van der Waals surface area (Å²) in [7, 11) is 0. The Morgan fingerprint density at radius 2 is 2.06 bits per heavy atom. The van der Waals surface area contributed by atoms with Crippen molar-refractivity contribution in [3.63, 3.8) is 0 Å². The number of allylic oxidation sites excluding steroid dienone is 2. The van der Waals surface area contributed by atoms with Crippen LogP contribution in [0.4, 0.5) is 0 Å². The number of hydrogen-bond donors (Lipinski definition) is 0. The number of carbonyl (C=O) groups is 1. The summed E-state index contributed by atoms with van der Waals surface area (Å²) < 4.78 is 5.13. The molecule has 0 aromatic carbocycles. The van der Waals surface area contributed by atoms with Gasteiger partial charge in [0.1, 0.15) is 6.61 Å². The first kappa shape index (κ1) is 11.1. The standard InChI is InChI=1S/C15H20O2/c1-9-4-12-11(8-17-14(12)16)5-10-6-15(2,3)7-13(9)10/h4-5,9-10,13H,6-8H2,1-3H3/t9-,10-,13+/m1/s1. The Morgan fingerprint density at radius 3 is 2.82 bits per heavy atom. The SMILES string of the molecule is C[C@@H]1C=C2C(=O)OCC2=C[C@@H]2CC(C)(C)C[C@@H]12. The zero-order valence-corrected chi connectivity index (χ0v) is 10.8. The molecular weight excluding hydrogens is 212 g/mol. The van der Waals surface area contributed by atoms with E-state index in [0.717, 1.165) is 11.1 Å². The monoisotopic (exact) mass is 232 g/mol. The number of ether oxygens (including phenoxy) is 1. The molecule has 0 spiro atoms. The molecule has 0 aromatic rings. The van der Waals surface area contributed by atoms with E-state index in [9.17, 15) is 4.79 Å². The second-order valence-electron chi connectivity index (χ2n) is 6.61. The third kappa shape index (κ3) is 1.74. The van der Waals surface area contributed by atoms with Crippen molar-refractivity contribution in [3.05, 3.63) is 23.3 Å². The van der Waals surface area contributed by atoms with Gasteiger partial charge in [-0.3, -0.25) is 0 Å². The minimum Gasteiger partial charge on any atom is -0.457 e. The van der Waals surface area contributed by atoms with Gasteiger partial charge in [0, 0.05) is 0 Å². The molecule has 0 radical (unpaired) electrons. The predicted octanol–water partition coefficient (Wildman–Crippen LogP) is 3.10. The Balaban J connectivity index is 1.99. The molecule has 3 rings (SSSR count). The van der Waals surface area contributed by atoms with E-state index in [1.807, 2.05) is 0 Å². The molecule has 0 unspecified atom stereocenters. The summed E-state index contributed by atoms with van der Waals surface area (Å²) in [5, 5.41) is 0. The van der Waals surface area contributed by atoms with Gasteiger partial charge in [-0.15, -0.1) is 0 Å². The van der Waals surface area contributed by atoms with Gasteiger partial charge in [-0.25, -0.2) is 4.79 Å².